The molecule has 2 unspecified atom stereocenters. The van der Waals surface area contributed by atoms with E-state index in [0.29, 0.717) is 6.61 Å². The van der Waals surface area contributed by atoms with Crippen LogP contribution in [-0.4, -0.2) is 31.3 Å². The second-order valence-corrected chi connectivity index (χ2v) is 7.23. The summed E-state index contributed by atoms with van der Waals surface area (Å²) >= 11 is 0. The molecule has 1 amide bonds. The number of carbonyl (C=O) groups is 1. The molecule has 4 heteroatoms. The summed E-state index contributed by atoms with van der Waals surface area (Å²) in [7, 11) is 0. The van der Waals surface area contributed by atoms with Gasteiger partial charge in [-0.3, -0.25) is 4.79 Å². The first-order valence-electron chi connectivity index (χ1n) is 9.81. The minimum Gasteiger partial charge on any atom is -0.488 e. The van der Waals surface area contributed by atoms with Gasteiger partial charge in [0.05, 0.1) is 6.61 Å². The van der Waals surface area contributed by atoms with Crippen LogP contribution >= 0.6 is 0 Å². The maximum Gasteiger partial charge on any atom is 0.217 e. The van der Waals surface area contributed by atoms with Crippen LogP contribution in [0.25, 0.3) is 0 Å². The van der Waals surface area contributed by atoms with Crippen LogP contribution in [-0.2, 0) is 16.0 Å². The number of hydrogen-bond donors (Lipinski definition) is 1. The minimum atomic E-state index is -0.00141. The lowest BCUT2D eigenvalue weighted by molar-refractivity contribution is -0.119. The Bertz CT molecular complexity index is 825. The van der Waals surface area contributed by atoms with E-state index >= 15 is 0 Å². The third kappa shape index (κ3) is 6.44. The van der Waals surface area contributed by atoms with E-state index in [1.54, 1.807) is 0 Å². The minimum absolute atomic E-state index is 0.00141. The van der Waals surface area contributed by atoms with Crippen LogP contribution in [0.15, 0.2) is 48.5 Å². The molecule has 0 bridgehead atoms. The number of hydrogen-bond acceptors (Lipinski definition) is 3. The maximum atomic E-state index is 11.1. The molecule has 2 aromatic carbocycles. The molecule has 1 saturated heterocycles. The molecule has 1 N–H and O–H groups in total. The third-order valence-corrected chi connectivity index (χ3v) is 4.57. The van der Waals surface area contributed by atoms with Crippen LogP contribution in [0.4, 0.5) is 0 Å². The monoisotopic (exact) mass is 377 g/mol. The zero-order valence-electron chi connectivity index (χ0n) is 16.5. The van der Waals surface area contributed by atoms with E-state index in [1.165, 1.54) is 12.5 Å². The van der Waals surface area contributed by atoms with Crippen LogP contribution in [0, 0.1) is 11.8 Å². The zero-order chi connectivity index (χ0) is 19.8. The van der Waals surface area contributed by atoms with E-state index < -0.39 is 0 Å². The Morgan fingerprint density at radius 1 is 1.14 bits per heavy atom. The number of nitrogens with one attached hydrogen (secondary N) is 1. The van der Waals surface area contributed by atoms with Gasteiger partial charge < -0.3 is 14.8 Å². The molecule has 2 aromatic rings. The van der Waals surface area contributed by atoms with Crippen molar-refractivity contribution in [1.29, 1.82) is 0 Å². The molecule has 0 aromatic heterocycles. The Balaban J connectivity index is 1.54. The molecule has 0 radical (unpaired) electrons. The van der Waals surface area contributed by atoms with Crippen molar-refractivity contribution in [2.75, 3.05) is 13.2 Å². The molecule has 1 heterocycles. The van der Waals surface area contributed by atoms with Crippen molar-refractivity contribution in [3.63, 3.8) is 0 Å². The van der Waals surface area contributed by atoms with E-state index in [9.17, 15) is 4.79 Å². The summed E-state index contributed by atoms with van der Waals surface area (Å²) < 4.78 is 11.4. The largest absolute Gasteiger partial charge is 0.488 e. The molecular formula is C24H27NO3. The molecular weight excluding hydrogens is 350 g/mol. The summed E-state index contributed by atoms with van der Waals surface area (Å²) in [4.78, 5) is 11.1. The van der Waals surface area contributed by atoms with Gasteiger partial charge in [-0.1, -0.05) is 24.0 Å². The first-order valence-corrected chi connectivity index (χ1v) is 9.81. The third-order valence-electron chi connectivity index (χ3n) is 4.57. The summed E-state index contributed by atoms with van der Waals surface area (Å²) in [6.07, 6.45) is 3.05. The highest BCUT2D eigenvalue weighted by Gasteiger charge is 2.15. The standard InChI is InChI=1S/C24H27NO3/c1-18(25-19(2)26)16-22-9-7-20(8-10-22)5-6-21-11-13-23(14-12-21)28-24-4-3-15-27-17-24/h7-14,18,24H,3-4,15-17H2,1-2H3,(H,25,26). The fourth-order valence-corrected chi connectivity index (χ4v) is 3.23. The van der Waals surface area contributed by atoms with Crippen LogP contribution in [0.5, 0.6) is 5.75 Å². The maximum absolute atomic E-state index is 11.1. The summed E-state index contributed by atoms with van der Waals surface area (Å²) in [5.41, 5.74) is 3.10. The predicted octanol–water partition coefficient (Wildman–Crippen LogP) is 3.71. The van der Waals surface area contributed by atoms with Crippen molar-refractivity contribution in [3.8, 4) is 17.6 Å². The normalized spacial score (nSPS) is 17.1. The van der Waals surface area contributed by atoms with E-state index in [2.05, 4.69) is 29.3 Å². The molecule has 28 heavy (non-hydrogen) atoms. The van der Waals surface area contributed by atoms with Crippen LogP contribution in [0.2, 0.25) is 0 Å². The fourth-order valence-electron chi connectivity index (χ4n) is 3.23. The van der Waals surface area contributed by atoms with E-state index in [4.69, 9.17) is 9.47 Å². The molecule has 1 fully saturated rings. The first kappa shape index (κ1) is 20.0. The number of carbonyl (C=O) groups excluding carboxylic acids is 1. The predicted molar refractivity (Wildman–Crippen MR) is 110 cm³/mol. The topological polar surface area (TPSA) is 47.6 Å². The highest BCUT2D eigenvalue weighted by molar-refractivity contribution is 5.73. The van der Waals surface area contributed by atoms with Gasteiger partial charge in [-0.25, -0.2) is 0 Å². The molecule has 0 saturated carbocycles. The van der Waals surface area contributed by atoms with Crippen molar-refractivity contribution >= 4 is 5.91 Å². The second-order valence-electron chi connectivity index (χ2n) is 7.23. The highest BCUT2D eigenvalue weighted by Crippen LogP contribution is 2.17. The Kier molecular flexibility index (Phi) is 7.11. The Hall–Kier alpha value is -2.77. The summed E-state index contributed by atoms with van der Waals surface area (Å²) in [6, 6.07) is 16.2. The average Bonchev–Trinajstić information content (AvgIpc) is 2.69. The van der Waals surface area contributed by atoms with Gasteiger partial charge in [0.15, 0.2) is 0 Å². The molecule has 0 aliphatic carbocycles. The number of ether oxygens (including phenoxy) is 2. The van der Waals surface area contributed by atoms with Gasteiger partial charge in [-0.15, -0.1) is 0 Å². The molecule has 4 nitrogen and oxygen atoms in total. The summed E-state index contributed by atoms with van der Waals surface area (Å²) in [6.45, 7) is 5.05. The highest BCUT2D eigenvalue weighted by atomic mass is 16.5. The average molecular weight is 377 g/mol. The van der Waals surface area contributed by atoms with Crippen molar-refractivity contribution in [2.45, 2.75) is 45.3 Å². The SMILES string of the molecule is CC(=O)NC(C)Cc1ccc(C#Cc2ccc(OC3CCCOC3)cc2)cc1. The van der Waals surface area contributed by atoms with Crippen molar-refractivity contribution in [2.24, 2.45) is 0 Å². The Morgan fingerprint density at radius 3 is 2.36 bits per heavy atom. The fraction of sp³-hybridized carbons (Fsp3) is 0.375. The van der Waals surface area contributed by atoms with Gasteiger partial charge >= 0.3 is 0 Å². The van der Waals surface area contributed by atoms with Gasteiger partial charge in [0, 0.05) is 30.7 Å². The number of rotatable bonds is 5. The molecule has 2 atom stereocenters. The zero-order valence-corrected chi connectivity index (χ0v) is 16.5. The lowest BCUT2D eigenvalue weighted by Crippen LogP contribution is -2.31. The van der Waals surface area contributed by atoms with Gasteiger partial charge in [0.1, 0.15) is 11.9 Å². The summed E-state index contributed by atoms with van der Waals surface area (Å²) in [5, 5.41) is 2.90. The van der Waals surface area contributed by atoms with Crippen LogP contribution in [0.3, 0.4) is 0 Å². The lowest BCUT2D eigenvalue weighted by Gasteiger charge is -2.23. The van der Waals surface area contributed by atoms with Crippen LogP contribution in [0.1, 0.15) is 43.4 Å². The van der Waals surface area contributed by atoms with Crippen molar-refractivity contribution in [1.82, 2.24) is 5.32 Å². The molecule has 146 valence electrons. The summed E-state index contributed by atoms with van der Waals surface area (Å²) in [5.74, 6) is 7.24. The van der Waals surface area contributed by atoms with E-state index in [1.807, 2.05) is 43.3 Å². The van der Waals surface area contributed by atoms with Crippen molar-refractivity contribution in [3.05, 3.63) is 65.2 Å². The van der Waals surface area contributed by atoms with Gasteiger partial charge in [-0.05, 0) is 68.1 Å². The molecule has 0 spiro atoms. The van der Waals surface area contributed by atoms with E-state index in [0.717, 1.165) is 42.7 Å². The molecule has 1 aliphatic heterocycles. The number of amides is 1. The molecule has 1 aliphatic rings. The van der Waals surface area contributed by atoms with Gasteiger partial charge in [-0.2, -0.15) is 0 Å². The lowest BCUT2D eigenvalue weighted by atomic mass is 10.0. The number of benzene rings is 2. The quantitative estimate of drug-likeness (QED) is 0.808. The van der Waals surface area contributed by atoms with Gasteiger partial charge in [0.25, 0.3) is 0 Å². The van der Waals surface area contributed by atoms with Gasteiger partial charge in [0.2, 0.25) is 5.91 Å². The van der Waals surface area contributed by atoms with Crippen molar-refractivity contribution < 1.29 is 14.3 Å². The Labute approximate surface area is 167 Å². The second kappa shape index (κ2) is 9.96. The van der Waals surface area contributed by atoms with E-state index in [-0.39, 0.29) is 18.1 Å². The van der Waals surface area contributed by atoms with Crippen LogP contribution < -0.4 is 10.1 Å². The smallest absolute Gasteiger partial charge is 0.217 e. The first-order chi connectivity index (χ1) is 13.6. The molecule has 3 rings (SSSR count). The Morgan fingerprint density at radius 2 is 1.79 bits per heavy atom.